The van der Waals surface area contributed by atoms with Crippen LogP contribution in [-0.4, -0.2) is 39.1 Å². The molecule has 0 aromatic carbocycles. The molecule has 2 rings (SSSR count). The highest BCUT2D eigenvalue weighted by molar-refractivity contribution is 5.39. The third-order valence-electron chi connectivity index (χ3n) is 3.05. The molecule has 0 spiro atoms. The van der Waals surface area contributed by atoms with Crippen molar-refractivity contribution in [3.05, 3.63) is 58.7 Å². The summed E-state index contributed by atoms with van der Waals surface area (Å²) in [6, 6.07) is 5.31. The molecule has 2 aromatic heterocycles. The minimum absolute atomic E-state index is 0.0690. The molecule has 1 N–H and O–H groups in total. The van der Waals surface area contributed by atoms with Crippen LogP contribution < -0.4 is 5.56 Å². The lowest BCUT2D eigenvalue weighted by Gasteiger charge is -2.18. The van der Waals surface area contributed by atoms with Crippen molar-refractivity contribution >= 4 is 5.65 Å². The lowest BCUT2D eigenvalue weighted by Crippen LogP contribution is -2.28. The second-order valence-corrected chi connectivity index (χ2v) is 4.77. The van der Waals surface area contributed by atoms with E-state index in [1.165, 1.54) is 0 Å². The van der Waals surface area contributed by atoms with Gasteiger partial charge in [0.05, 0.1) is 12.3 Å². The van der Waals surface area contributed by atoms with Gasteiger partial charge in [0.2, 0.25) is 0 Å². The Morgan fingerprint density at radius 3 is 3.00 bits per heavy atom. The molecule has 0 atom stereocenters. The Balaban J connectivity index is 2.33. The van der Waals surface area contributed by atoms with E-state index in [1.54, 1.807) is 22.7 Å². The van der Waals surface area contributed by atoms with Crippen molar-refractivity contribution < 1.29 is 5.11 Å². The van der Waals surface area contributed by atoms with Crippen molar-refractivity contribution in [1.82, 2.24) is 14.3 Å². The molecule has 106 valence electrons. The van der Waals surface area contributed by atoms with Crippen molar-refractivity contribution in [3.63, 3.8) is 0 Å². The number of rotatable bonds is 6. The van der Waals surface area contributed by atoms with Gasteiger partial charge in [-0.2, -0.15) is 0 Å². The monoisotopic (exact) mass is 273 g/mol. The molecule has 2 aromatic rings. The molecular weight excluding hydrogens is 254 g/mol. The highest BCUT2D eigenvalue weighted by Gasteiger charge is 2.07. The maximum Gasteiger partial charge on any atom is 0.258 e. The summed E-state index contributed by atoms with van der Waals surface area (Å²) in [7, 11) is 0. The standard InChI is InChI=1S/C15H19N3O2/c1-3-6-17(7-8-19)11-13-9-15(20)18-10-12(2)4-5-14(18)16-13/h3-5,9-10,19H,1,6-8,11H2,2H3. The van der Waals surface area contributed by atoms with Crippen LogP contribution in [0.5, 0.6) is 0 Å². The van der Waals surface area contributed by atoms with E-state index in [9.17, 15) is 4.79 Å². The summed E-state index contributed by atoms with van der Waals surface area (Å²) >= 11 is 0. The summed E-state index contributed by atoms with van der Waals surface area (Å²) in [5.41, 5.74) is 2.27. The van der Waals surface area contributed by atoms with E-state index in [0.717, 1.165) is 5.56 Å². The normalized spacial score (nSPS) is 11.2. The van der Waals surface area contributed by atoms with Crippen molar-refractivity contribution in [1.29, 1.82) is 0 Å². The average Bonchev–Trinajstić information content (AvgIpc) is 2.40. The Kier molecular flexibility index (Phi) is 4.65. The van der Waals surface area contributed by atoms with Gasteiger partial charge in [0.1, 0.15) is 5.65 Å². The van der Waals surface area contributed by atoms with Crippen LogP contribution in [0.4, 0.5) is 0 Å². The zero-order valence-corrected chi connectivity index (χ0v) is 11.6. The van der Waals surface area contributed by atoms with Crippen molar-refractivity contribution in [2.75, 3.05) is 19.7 Å². The zero-order valence-electron chi connectivity index (χ0n) is 11.6. The number of fused-ring (bicyclic) bond motifs is 1. The van der Waals surface area contributed by atoms with Gasteiger partial charge in [-0.25, -0.2) is 4.98 Å². The second kappa shape index (κ2) is 6.45. The zero-order chi connectivity index (χ0) is 14.5. The first-order valence-corrected chi connectivity index (χ1v) is 6.57. The molecule has 20 heavy (non-hydrogen) atoms. The molecule has 0 aliphatic rings. The number of aliphatic hydroxyl groups is 1. The molecular formula is C15H19N3O2. The van der Waals surface area contributed by atoms with E-state index >= 15 is 0 Å². The van der Waals surface area contributed by atoms with Gasteiger partial charge in [-0.15, -0.1) is 6.58 Å². The van der Waals surface area contributed by atoms with Gasteiger partial charge in [-0.05, 0) is 18.6 Å². The maximum absolute atomic E-state index is 12.1. The number of hydrogen-bond donors (Lipinski definition) is 1. The molecule has 0 radical (unpaired) electrons. The Morgan fingerprint density at radius 2 is 2.30 bits per heavy atom. The Bertz CT molecular complexity index is 664. The van der Waals surface area contributed by atoms with Crippen LogP contribution in [0.3, 0.4) is 0 Å². The van der Waals surface area contributed by atoms with Crippen LogP contribution >= 0.6 is 0 Å². The minimum Gasteiger partial charge on any atom is -0.395 e. The van der Waals surface area contributed by atoms with Gasteiger partial charge in [-0.3, -0.25) is 14.1 Å². The first kappa shape index (κ1) is 14.4. The predicted molar refractivity (Wildman–Crippen MR) is 78.8 cm³/mol. The molecule has 0 bridgehead atoms. The van der Waals surface area contributed by atoms with E-state index in [0.29, 0.717) is 31.0 Å². The number of nitrogens with zero attached hydrogens (tertiary/aromatic N) is 3. The lowest BCUT2D eigenvalue weighted by atomic mass is 10.3. The number of aryl methyl sites for hydroxylation is 1. The fraction of sp³-hybridized carbons (Fsp3) is 0.333. The van der Waals surface area contributed by atoms with E-state index in [4.69, 9.17) is 5.11 Å². The van der Waals surface area contributed by atoms with Crippen LogP contribution in [0.15, 0.2) is 41.8 Å². The van der Waals surface area contributed by atoms with Gasteiger partial charge in [0, 0.05) is 31.9 Å². The van der Waals surface area contributed by atoms with Gasteiger partial charge in [0.25, 0.3) is 5.56 Å². The molecule has 0 saturated carbocycles. The number of pyridine rings is 1. The summed E-state index contributed by atoms with van der Waals surface area (Å²) in [5, 5.41) is 9.04. The van der Waals surface area contributed by atoms with Crippen LogP contribution in [0.25, 0.3) is 5.65 Å². The average molecular weight is 273 g/mol. The largest absolute Gasteiger partial charge is 0.395 e. The van der Waals surface area contributed by atoms with Crippen LogP contribution in [0.1, 0.15) is 11.3 Å². The van der Waals surface area contributed by atoms with Gasteiger partial charge >= 0.3 is 0 Å². The first-order valence-electron chi connectivity index (χ1n) is 6.57. The molecule has 0 amide bonds. The molecule has 0 aliphatic carbocycles. The summed E-state index contributed by atoms with van der Waals surface area (Å²) in [5.74, 6) is 0. The Labute approximate surface area is 117 Å². The second-order valence-electron chi connectivity index (χ2n) is 4.77. The van der Waals surface area contributed by atoms with E-state index in [-0.39, 0.29) is 12.2 Å². The van der Waals surface area contributed by atoms with Crippen molar-refractivity contribution in [2.45, 2.75) is 13.5 Å². The third-order valence-corrected chi connectivity index (χ3v) is 3.05. The summed E-state index contributed by atoms with van der Waals surface area (Å²) in [6.07, 6.45) is 3.55. The molecule has 0 fully saturated rings. The molecule has 0 saturated heterocycles. The maximum atomic E-state index is 12.1. The minimum atomic E-state index is -0.0868. The molecule has 5 heteroatoms. The third kappa shape index (κ3) is 3.31. The molecule has 0 aliphatic heterocycles. The number of hydrogen-bond acceptors (Lipinski definition) is 4. The predicted octanol–water partition coefficient (Wildman–Crippen LogP) is 0.983. The summed E-state index contributed by atoms with van der Waals surface area (Å²) in [6.45, 7) is 7.40. The molecule has 2 heterocycles. The summed E-state index contributed by atoms with van der Waals surface area (Å²) < 4.78 is 1.54. The first-order chi connectivity index (χ1) is 9.63. The smallest absolute Gasteiger partial charge is 0.258 e. The molecule has 5 nitrogen and oxygen atoms in total. The lowest BCUT2D eigenvalue weighted by molar-refractivity contribution is 0.202. The number of aromatic nitrogens is 2. The topological polar surface area (TPSA) is 57.8 Å². The van der Waals surface area contributed by atoms with E-state index < -0.39 is 0 Å². The van der Waals surface area contributed by atoms with Crippen LogP contribution in [0, 0.1) is 6.92 Å². The van der Waals surface area contributed by atoms with E-state index in [2.05, 4.69) is 11.6 Å². The fourth-order valence-electron chi connectivity index (χ4n) is 2.13. The Hall–Kier alpha value is -1.98. The quantitative estimate of drug-likeness (QED) is 0.797. The van der Waals surface area contributed by atoms with Crippen LogP contribution in [0.2, 0.25) is 0 Å². The van der Waals surface area contributed by atoms with Gasteiger partial charge in [0.15, 0.2) is 0 Å². The number of aliphatic hydroxyl groups excluding tert-OH is 1. The fourth-order valence-corrected chi connectivity index (χ4v) is 2.13. The highest BCUT2D eigenvalue weighted by atomic mass is 16.3. The highest BCUT2D eigenvalue weighted by Crippen LogP contribution is 2.05. The van der Waals surface area contributed by atoms with Gasteiger partial charge in [-0.1, -0.05) is 12.1 Å². The van der Waals surface area contributed by atoms with Crippen molar-refractivity contribution in [2.24, 2.45) is 0 Å². The van der Waals surface area contributed by atoms with Gasteiger partial charge < -0.3 is 5.11 Å². The van der Waals surface area contributed by atoms with E-state index in [1.807, 2.05) is 24.0 Å². The SMILES string of the molecule is C=CCN(CCO)Cc1cc(=O)n2cc(C)ccc2n1. The Morgan fingerprint density at radius 1 is 1.50 bits per heavy atom. The van der Waals surface area contributed by atoms with Crippen molar-refractivity contribution in [3.8, 4) is 0 Å². The van der Waals surface area contributed by atoms with Crippen LogP contribution in [-0.2, 0) is 6.54 Å². The molecule has 0 unspecified atom stereocenters. The summed E-state index contributed by atoms with van der Waals surface area (Å²) in [4.78, 5) is 18.6.